The molecule has 0 aliphatic rings. The summed E-state index contributed by atoms with van der Waals surface area (Å²) in [6, 6.07) is 0. The molecule has 0 spiro atoms. The first-order valence-corrected chi connectivity index (χ1v) is 38.8. The van der Waals surface area contributed by atoms with Crippen LogP contribution >= 0.6 is 15.6 Å². The van der Waals surface area contributed by atoms with Crippen LogP contribution in [0.1, 0.15) is 344 Å². The standard InChI is InChI=1S/C69H134O17P2/c1-8-9-10-33-43-50-66(71)79-56-64(85-68(73)53-46-39-32-26-20-14-17-23-29-36-42-49-62(6)7)58-83-87(75,76)81-54-63(70)55-82-88(77,78)84-59-65(57-80-67(72)51-44-37-30-24-19-13-16-22-28-35-41-48-61(4)5)86-69(74)52-45-38-31-25-18-12-11-15-21-27-34-40-47-60(2)3/h60-65,70H,8-59H2,1-7H3,(H,75,76)(H,77,78)/t63-,64+,65+/m0/s1. The minimum atomic E-state index is -4.95. The molecule has 3 N–H and O–H groups in total. The minimum absolute atomic E-state index is 0.105. The van der Waals surface area contributed by atoms with Crippen LogP contribution in [0.25, 0.3) is 0 Å². The lowest BCUT2D eigenvalue weighted by Crippen LogP contribution is -2.30. The fraction of sp³-hybridized carbons (Fsp3) is 0.942. The Morgan fingerprint density at radius 2 is 0.523 bits per heavy atom. The van der Waals surface area contributed by atoms with Crippen LogP contribution in [-0.4, -0.2) is 96.7 Å². The number of phosphoric ester groups is 2. The molecule has 0 aromatic rings. The number of unbranched alkanes of at least 4 members (excludes halogenated alkanes) is 35. The molecule has 2 unspecified atom stereocenters. The first kappa shape index (κ1) is 86.1. The first-order valence-electron chi connectivity index (χ1n) is 35.8. The van der Waals surface area contributed by atoms with Crippen molar-refractivity contribution in [1.82, 2.24) is 0 Å². The molecule has 0 rings (SSSR count). The van der Waals surface area contributed by atoms with Gasteiger partial charge in [-0.05, 0) is 43.4 Å². The molecule has 522 valence electrons. The van der Waals surface area contributed by atoms with Crippen molar-refractivity contribution >= 4 is 39.5 Å². The molecule has 19 heteroatoms. The molecule has 0 radical (unpaired) electrons. The Morgan fingerprint density at radius 1 is 0.307 bits per heavy atom. The Hall–Kier alpha value is -1.94. The van der Waals surface area contributed by atoms with Gasteiger partial charge < -0.3 is 33.8 Å². The van der Waals surface area contributed by atoms with Crippen molar-refractivity contribution in [1.29, 1.82) is 0 Å². The van der Waals surface area contributed by atoms with E-state index < -0.39 is 97.5 Å². The van der Waals surface area contributed by atoms with Crippen LogP contribution in [0.2, 0.25) is 0 Å². The van der Waals surface area contributed by atoms with E-state index in [-0.39, 0.29) is 25.7 Å². The monoisotopic (exact) mass is 1300 g/mol. The maximum Gasteiger partial charge on any atom is 0.472 e. The number of phosphoric acid groups is 2. The van der Waals surface area contributed by atoms with Gasteiger partial charge in [0.05, 0.1) is 26.4 Å². The van der Waals surface area contributed by atoms with Crippen LogP contribution in [0.15, 0.2) is 0 Å². The van der Waals surface area contributed by atoms with Gasteiger partial charge in [0, 0.05) is 25.7 Å². The highest BCUT2D eigenvalue weighted by atomic mass is 31.2. The van der Waals surface area contributed by atoms with Crippen molar-refractivity contribution in [3.63, 3.8) is 0 Å². The van der Waals surface area contributed by atoms with E-state index in [4.69, 9.17) is 37.0 Å². The number of esters is 4. The Bertz CT molecular complexity index is 1730. The van der Waals surface area contributed by atoms with Gasteiger partial charge in [-0.15, -0.1) is 0 Å². The Morgan fingerprint density at radius 3 is 0.773 bits per heavy atom. The predicted molar refractivity (Wildman–Crippen MR) is 354 cm³/mol. The third-order valence-corrected chi connectivity index (χ3v) is 17.8. The van der Waals surface area contributed by atoms with Crippen molar-refractivity contribution in [2.75, 3.05) is 39.6 Å². The van der Waals surface area contributed by atoms with Gasteiger partial charge in [0.25, 0.3) is 0 Å². The second-order valence-electron chi connectivity index (χ2n) is 26.3. The Balaban J connectivity index is 5.17. The summed E-state index contributed by atoms with van der Waals surface area (Å²) < 4.78 is 68.1. The van der Waals surface area contributed by atoms with Crippen molar-refractivity contribution in [2.45, 2.75) is 362 Å². The van der Waals surface area contributed by atoms with Gasteiger partial charge >= 0.3 is 39.5 Å². The molecule has 0 bridgehead atoms. The molecule has 5 atom stereocenters. The molecule has 0 aromatic carbocycles. The van der Waals surface area contributed by atoms with Gasteiger partial charge in [0.15, 0.2) is 12.2 Å². The maximum absolute atomic E-state index is 13.0. The average molecular weight is 1300 g/mol. The van der Waals surface area contributed by atoms with Crippen molar-refractivity contribution in [3.8, 4) is 0 Å². The topological polar surface area (TPSA) is 237 Å². The van der Waals surface area contributed by atoms with Gasteiger partial charge in [0.2, 0.25) is 0 Å². The zero-order valence-corrected chi connectivity index (χ0v) is 59.0. The van der Waals surface area contributed by atoms with E-state index in [0.29, 0.717) is 25.7 Å². The minimum Gasteiger partial charge on any atom is -0.462 e. The lowest BCUT2D eigenvalue weighted by Gasteiger charge is -2.21. The summed E-state index contributed by atoms with van der Waals surface area (Å²) in [6.07, 6.45) is 43.4. The van der Waals surface area contributed by atoms with Crippen molar-refractivity contribution in [3.05, 3.63) is 0 Å². The molecule has 17 nitrogen and oxygen atoms in total. The zero-order chi connectivity index (χ0) is 65.2. The quantitative estimate of drug-likeness (QED) is 0.0222. The molecule has 0 aliphatic heterocycles. The number of rotatable bonds is 67. The first-order chi connectivity index (χ1) is 42.2. The molecule has 0 saturated carbocycles. The number of carbonyl (C=O) groups is 4. The summed E-state index contributed by atoms with van der Waals surface area (Å²) in [7, 11) is -9.89. The van der Waals surface area contributed by atoms with E-state index in [1.807, 2.05) is 0 Å². The molecule has 0 fully saturated rings. The second-order valence-corrected chi connectivity index (χ2v) is 29.3. The molecule has 0 aliphatic carbocycles. The summed E-state index contributed by atoms with van der Waals surface area (Å²) in [6.45, 7) is 11.8. The SMILES string of the molecule is CCCCCCCC(=O)OC[C@H](COP(=O)(O)OC[C@H](O)COP(=O)(O)OC[C@@H](COC(=O)CCCCCCCCCCCCCC(C)C)OC(=O)CCCCCCCCCCCCCCC(C)C)OC(=O)CCCCCCCCCCCCCC(C)C. The third-order valence-electron chi connectivity index (χ3n) is 15.9. The summed E-state index contributed by atoms with van der Waals surface area (Å²) in [5.41, 5.74) is 0. The molecule has 0 heterocycles. The number of ether oxygens (including phenoxy) is 4. The largest absolute Gasteiger partial charge is 0.472 e. The van der Waals surface area contributed by atoms with Crippen molar-refractivity contribution < 1.29 is 80.2 Å². The van der Waals surface area contributed by atoms with E-state index in [9.17, 15) is 43.2 Å². The zero-order valence-electron chi connectivity index (χ0n) is 57.2. The Labute approximate surface area is 537 Å². The molecular weight excluding hydrogens is 1160 g/mol. The number of hydrogen-bond donors (Lipinski definition) is 3. The van der Waals surface area contributed by atoms with E-state index in [0.717, 1.165) is 114 Å². The smallest absolute Gasteiger partial charge is 0.462 e. The number of hydrogen-bond acceptors (Lipinski definition) is 15. The predicted octanol–water partition coefficient (Wildman–Crippen LogP) is 19.5. The molecule has 0 saturated heterocycles. The van der Waals surface area contributed by atoms with Crippen LogP contribution in [0.4, 0.5) is 0 Å². The lowest BCUT2D eigenvalue weighted by atomic mass is 10.0. The summed E-state index contributed by atoms with van der Waals surface area (Å²) in [5.74, 6) is 0.176. The summed E-state index contributed by atoms with van der Waals surface area (Å²) in [5, 5.41) is 10.6. The van der Waals surface area contributed by atoms with Gasteiger partial charge in [-0.3, -0.25) is 37.3 Å². The van der Waals surface area contributed by atoms with E-state index in [1.54, 1.807) is 0 Å². The molecule has 88 heavy (non-hydrogen) atoms. The van der Waals surface area contributed by atoms with E-state index in [2.05, 4.69) is 48.5 Å². The fourth-order valence-corrected chi connectivity index (χ4v) is 11.9. The molecule has 0 aromatic heterocycles. The van der Waals surface area contributed by atoms with Gasteiger partial charge in [-0.25, -0.2) is 9.13 Å². The highest BCUT2D eigenvalue weighted by molar-refractivity contribution is 7.47. The van der Waals surface area contributed by atoms with Crippen molar-refractivity contribution in [2.24, 2.45) is 17.8 Å². The van der Waals surface area contributed by atoms with Crippen LogP contribution in [0.5, 0.6) is 0 Å². The van der Waals surface area contributed by atoms with Crippen LogP contribution in [-0.2, 0) is 65.4 Å². The maximum atomic E-state index is 13.0. The second kappa shape index (κ2) is 60.0. The number of aliphatic hydroxyl groups is 1. The Kier molecular flexibility index (Phi) is 58.7. The fourth-order valence-electron chi connectivity index (χ4n) is 10.4. The summed E-state index contributed by atoms with van der Waals surface area (Å²) >= 11 is 0. The number of carbonyl (C=O) groups excluding carboxylic acids is 4. The molecular formula is C69H134O17P2. The highest BCUT2D eigenvalue weighted by Crippen LogP contribution is 2.45. The number of aliphatic hydroxyl groups excluding tert-OH is 1. The molecule has 0 amide bonds. The van der Waals surface area contributed by atoms with Crippen LogP contribution < -0.4 is 0 Å². The third kappa shape index (κ3) is 62.8. The van der Waals surface area contributed by atoms with Gasteiger partial charge in [0.1, 0.15) is 19.3 Å². The van der Waals surface area contributed by atoms with E-state index in [1.165, 1.54) is 148 Å². The summed E-state index contributed by atoms with van der Waals surface area (Å²) in [4.78, 5) is 72.3. The van der Waals surface area contributed by atoms with Crippen LogP contribution in [0, 0.1) is 17.8 Å². The lowest BCUT2D eigenvalue weighted by molar-refractivity contribution is -0.161. The van der Waals surface area contributed by atoms with Gasteiger partial charge in [-0.1, -0.05) is 292 Å². The van der Waals surface area contributed by atoms with Gasteiger partial charge in [-0.2, -0.15) is 0 Å². The average Bonchev–Trinajstić information content (AvgIpc) is 3.38. The normalized spacial score (nSPS) is 14.2. The van der Waals surface area contributed by atoms with E-state index >= 15 is 0 Å². The highest BCUT2D eigenvalue weighted by Gasteiger charge is 2.30. The van der Waals surface area contributed by atoms with Crippen LogP contribution in [0.3, 0.4) is 0 Å².